The molecule has 2 heterocycles. The molecule has 0 aliphatic carbocycles. The van der Waals surface area contributed by atoms with Crippen LogP contribution in [0, 0.1) is 11.8 Å². The molecule has 0 amide bonds. The van der Waals surface area contributed by atoms with Crippen molar-refractivity contribution < 1.29 is 8.78 Å². The van der Waals surface area contributed by atoms with Gasteiger partial charge in [0.1, 0.15) is 0 Å². The van der Waals surface area contributed by atoms with Crippen LogP contribution < -0.4 is 0 Å². The Morgan fingerprint density at radius 2 is 1.93 bits per heavy atom. The molecule has 0 bridgehead atoms. The van der Waals surface area contributed by atoms with E-state index >= 15 is 0 Å². The van der Waals surface area contributed by atoms with Gasteiger partial charge in [-0.05, 0) is 13.0 Å². The summed E-state index contributed by atoms with van der Waals surface area (Å²) in [5, 5.41) is 0. The fourth-order valence-electron chi connectivity index (χ4n) is 1.50. The molecule has 0 saturated heterocycles. The molecule has 0 fully saturated rings. The Morgan fingerprint density at radius 3 is 2.57 bits per heavy atom. The summed E-state index contributed by atoms with van der Waals surface area (Å²) in [6.45, 7) is 5.66. The molecule has 0 spiro atoms. The highest BCUT2D eigenvalue weighted by Gasteiger charge is 2.34. The minimum absolute atomic E-state index is 0.298. The lowest BCUT2D eigenvalue weighted by molar-refractivity contribution is 0.477. The Kier molecular flexibility index (Phi) is 1.71. The van der Waals surface area contributed by atoms with E-state index in [1.54, 1.807) is 0 Å². The molecule has 0 unspecified atom stereocenters. The SMILES string of the molecule is CC1=Nc2nc(F)c(F)cc2C1(C)C. The third-order valence-corrected chi connectivity index (χ3v) is 2.76. The molecule has 1 aliphatic rings. The number of hydrogen-bond donors (Lipinski definition) is 0. The van der Waals surface area contributed by atoms with Gasteiger partial charge in [0.25, 0.3) is 5.95 Å². The van der Waals surface area contributed by atoms with Crippen LogP contribution in [0.3, 0.4) is 0 Å². The Bertz CT molecular complexity index is 436. The summed E-state index contributed by atoms with van der Waals surface area (Å²) in [4.78, 5) is 7.58. The maximum atomic E-state index is 13.0. The van der Waals surface area contributed by atoms with Crippen molar-refractivity contribution in [2.75, 3.05) is 0 Å². The van der Waals surface area contributed by atoms with Gasteiger partial charge in [-0.15, -0.1) is 0 Å². The number of fused-ring (bicyclic) bond motifs is 1. The van der Waals surface area contributed by atoms with Gasteiger partial charge in [0, 0.05) is 16.7 Å². The fourth-order valence-corrected chi connectivity index (χ4v) is 1.50. The summed E-state index contributed by atoms with van der Waals surface area (Å²) in [6.07, 6.45) is 0. The molecule has 1 aromatic rings. The molecular formula is C10H10F2N2. The zero-order chi connectivity index (χ0) is 10.5. The largest absolute Gasteiger partial charge is 0.250 e. The normalized spacial score (nSPS) is 17.9. The Labute approximate surface area is 80.7 Å². The summed E-state index contributed by atoms with van der Waals surface area (Å²) in [5.74, 6) is -1.70. The lowest BCUT2D eigenvalue weighted by Crippen LogP contribution is -2.23. The topological polar surface area (TPSA) is 25.2 Å². The fraction of sp³-hybridized carbons (Fsp3) is 0.400. The van der Waals surface area contributed by atoms with E-state index in [1.165, 1.54) is 6.07 Å². The number of pyridine rings is 1. The van der Waals surface area contributed by atoms with Crippen molar-refractivity contribution in [3.05, 3.63) is 23.4 Å². The Hall–Kier alpha value is -1.32. The zero-order valence-corrected chi connectivity index (χ0v) is 8.23. The Balaban J connectivity index is 2.69. The van der Waals surface area contributed by atoms with Gasteiger partial charge < -0.3 is 0 Å². The summed E-state index contributed by atoms with van der Waals surface area (Å²) in [6, 6.07) is 1.18. The van der Waals surface area contributed by atoms with Crippen molar-refractivity contribution in [3.8, 4) is 0 Å². The second-order valence-corrected chi connectivity index (χ2v) is 3.95. The predicted molar refractivity (Wildman–Crippen MR) is 49.9 cm³/mol. The molecule has 0 N–H and O–H groups in total. The monoisotopic (exact) mass is 196 g/mol. The lowest BCUT2D eigenvalue weighted by atomic mass is 9.83. The Morgan fingerprint density at radius 1 is 1.29 bits per heavy atom. The van der Waals surface area contributed by atoms with Crippen LogP contribution in [0.5, 0.6) is 0 Å². The van der Waals surface area contributed by atoms with Crippen LogP contribution in [0.2, 0.25) is 0 Å². The number of halogens is 2. The van der Waals surface area contributed by atoms with Crippen LogP contribution >= 0.6 is 0 Å². The first-order valence-corrected chi connectivity index (χ1v) is 4.35. The zero-order valence-electron chi connectivity index (χ0n) is 8.23. The molecule has 1 aliphatic heterocycles. The van der Waals surface area contributed by atoms with E-state index in [0.29, 0.717) is 11.4 Å². The maximum absolute atomic E-state index is 13.0. The van der Waals surface area contributed by atoms with E-state index in [1.807, 2.05) is 20.8 Å². The average Bonchev–Trinajstić information content (AvgIpc) is 2.28. The maximum Gasteiger partial charge on any atom is 0.250 e. The molecule has 0 atom stereocenters. The third-order valence-electron chi connectivity index (χ3n) is 2.76. The molecule has 1 aromatic heterocycles. The van der Waals surface area contributed by atoms with Gasteiger partial charge in [-0.2, -0.15) is 9.37 Å². The summed E-state index contributed by atoms with van der Waals surface area (Å²) in [5.41, 5.74) is 1.12. The average molecular weight is 196 g/mol. The molecule has 0 saturated carbocycles. The first kappa shape index (κ1) is 9.24. The lowest BCUT2D eigenvalue weighted by Gasteiger charge is -2.19. The number of aliphatic imine (C=N–C) groups is 1. The molecule has 2 nitrogen and oxygen atoms in total. The van der Waals surface area contributed by atoms with Crippen LogP contribution in [0.1, 0.15) is 26.3 Å². The van der Waals surface area contributed by atoms with E-state index in [0.717, 1.165) is 5.71 Å². The van der Waals surface area contributed by atoms with Gasteiger partial charge in [-0.1, -0.05) is 13.8 Å². The van der Waals surface area contributed by atoms with Crippen LogP contribution in [0.25, 0.3) is 0 Å². The standard InChI is InChI=1S/C10H10F2N2/c1-5-10(2,3)6-4-7(11)8(12)14-9(6)13-5/h4H,1-3H3. The minimum atomic E-state index is -1.09. The summed E-state index contributed by atoms with van der Waals surface area (Å²) >= 11 is 0. The van der Waals surface area contributed by atoms with Crippen LogP contribution in [0.15, 0.2) is 11.1 Å². The van der Waals surface area contributed by atoms with Gasteiger partial charge in [0.2, 0.25) is 0 Å². The van der Waals surface area contributed by atoms with Crippen LogP contribution in [-0.2, 0) is 5.41 Å². The van der Waals surface area contributed by atoms with Crippen molar-refractivity contribution in [3.63, 3.8) is 0 Å². The van der Waals surface area contributed by atoms with Gasteiger partial charge in [0.15, 0.2) is 11.6 Å². The van der Waals surface area contributed by atoms with Crippen molar-refractivity contribution in [2.45, 2.75) is 26.2 Å². The number of nitrogens with zero attached hydrogens (tertiary/aromatic N) is 2. The molecular weight excluding hydrogens is 186 g/mol. The van der Waals surface area contributed by atoms with Crippen molar-refractivity contribution in [2.24, 2.45) is 4.99 Å². The minimum Gasteiger partial charge on any atom is -0.237 e. The van der Waals surface area contributed by atoms with E-state index in [9.17, 15) is 8.78 Å². The molecule has 0 radical (unpaired) electrons. The van der Waals surface area contributed by atoms with Gasteiger partial charge >= 0.3 is 0 Å². The highest BCUT2D eigenvalue weighted by molar-refractivity contribution is 5.98. The molecule has 0 aromatic carbocycles. The van der Waals surface area contributed by atoms with Crippen LogP contribution in [0.4, 0.5) is 14.6 Å². The molecule has 2 rings (SSSR count). The number of rotatable bonds is 0. The van der Waals surface area contributed by atoms with Gasteiger partial charge in [0.05, 0.1) is 0 Å². The highest BCUT2D eigenvalue weighted by atomic mass is 19.2. The van der Waals surface area contributed by atoms with E-state index in [2.05, 4.69) is 9.98 Å². The number of hydrogen-bond acceptors (Lipinski definition) is 2. The molecule has 14 heavy (non-hydrogen) atoms. The van der Waals surface area contributed by atoms with E-state index in [-0.39, 0.29) is 5.41 Å². The first-order chi connectivity index (χ1) is 6.43. The highest BCUT2D eigenvalue weighted by Crippen LogP contribution is 2.38. The first-order valence-electron chi connectivity index (χ1n) is 4.35. The van der Waals surface area contributed by atoms with Gasteiger partial charge in [-0.25, -0.2) is 9.38 Å². The van der Waals surface area contributed by atoms with E-state index < -0.39 is 11.8 Å². The predicted octanol–water partition coefficient (Wildman–Crippen LogP) is 2.74. The van der Waals surface area contributed by atoms with Crippen molar-refractivity contribution >= 4 is 11.5 Å². The van der Waals surface area contributed by atoms with Gasteiger partial charge in [-0.3, -0.25) is 0 Å². The second-order valence-electron chi connectivity index (χ2n) is 3.95. The quantitative estimate of drug-likeness (QED) is 0.585. The smallest absolute Gasteiger partial charge is 0.237 e. The second kappa shape index (κ2) is 2.59. The van der Waals surface area contributed by atoms with Crippen LogP contribution in [-0.4, -0.2) is 10.7 Å². The van der Waals surface area contributed by atoms with E-state index in [4.69, 9.17) is 0 Å². The summed E-state index contributed by atoms with van der Waals surface area (Å²) in [7, 11) is 0. The molecule has 74 valence electrons. The third kappa shape index (κ3) is 1.06. The number of aromatic nitrogens is 1. The van der Waals surface area contributed by atoms with Crippen molar-refractivity contribution in [1.29, 1.82) is 0 Å². The molecule has 4 heteroatoms. The summed E-state index contributed by atoms with van der Waals surface area (Å²) < 4.78 is 25.8. The van der Waals surface area contributed by atoms with Crippen molar-refractivity contribution in [1.82, 2.24) is 4.98 Å².